The number of carbonyl (C=O) groups is 1. The van der Waals surface area contributed by atoms with Crippen LogP contribution in [0, 0.1) is 0 Å². The van der Waals surface area contributed by atoms with Gasteiger partial charge in [-0.1, -0.05) is 23.1 Å². The molecule has 2 N–H and O–H groups in total. The molecular weight excluding hydrogens is 324 g/mol. The van der Waals surface area contributed by atoms with Crippen LogP contribution in [0.15, 0.2) is 28.6 Å². The van der Waals surface area contributed by atoms with E-state index in [9.17, 15) is 4.79 Å². The predicted molar refractivity (Wildman–Crippen MR) is 88.1 cm³/mol. The predicted octanol–water partition coefficient (Wildman–Crippen LogP) is 2.93. The van der Waals surface area contributed by atoms with E-state index in [1.165, 1.54) is 23.1 Å². The number of aromatic nitrogens is 2. The van der Waals surface area contributed by atoms with E-state index < -0.39 is 0 Å². The molecule has 0 unspecified atom stereocenters. The molecule has 0 aliphatic carbocycles. The van der Waals surface area contributed by atoms with Gasteiger partial charge in [-0.3, -0.25) is 5.32 Å². The molecule has 0 aliphatic rings. The van der Waals surface area contributed by atoms with E-state index in [-0.39, 0.29) is 6.03 Å². The quantitative estimate of drug-likeness (QED) is 0.458. The monoisotopic (exact) mass is 340 g/mol. The fourth-order valence-electron chi connectivity index (χ4n) is 1.46. The van der Waals surface area contributed by atoms with Gasteiger partial charge in [-0.2, -0.15) is 0 Å². The Kier molecular flexibility index (Phi) is 6.44. The third-order valence-corrected chi connectivity index (χ3v) is 4.42. The highest BCUT2D eigenvalue weighted by molar-refractivity contribution is 8.01. The number of anilines is 2. The van der Waals surface area contributed by atoms with E-state index in [2.05, 4.69) is 20.8 Å². The van der Waals surface area contributed by atoms with Gasteiger partial charge in [0.15, 0.2) is 4.34 Å². The SMILES string of the molecule is COCCSc1nnc(NC(=O)Nc2ccc(OC)cc2)s1. The molecule has 22 heavy (non-hydrogen) atoms. The highest BCUT2D eigenvalue weighted by Gasteiger charge is 2.08. The summed E-state index contributed by atoms with van der Waals surface area (Å²) >= 11 is 2.86. The van der Waals surface area contributed by atoms with E-state index in [0.717, 1.165) is 15.8 Å². The van der Waals surface area contributed by atoms with Gasteiger partial charge in [-0.05, 0) is 24.3 Å². The number of hydrogen-bond donors (Lipinski definition) is 2. The van der Waals surface area contributed by atoms with Gasteiger partial charge in [-0.15, -0.1) is 10.2 Å². The Morgan fingerprint density at radius 3 is 2.68 bits per heavy atom. The highest BCUT2D eigenvalue weighted by Crippen LogP contribution is 2.25. The van der Waals surface area contributed by atoms with Crippen LogP contribution in [0.4, 0.5) is 15.6 Å². The Morgan fingerprint density at radius 1 is 1.23 bits per heavy atom. The molecule has 1 heterocycles. The van der Waals surface area contributed by atoms with E-state index in [1.54, 1.807) is 38.5 Å². The van der Waals surface area contributed by atoms with Gasteiger partial charge in [0.1, 0.15) is 5.75 Å². The molecule has 0 aliphatic heterocycles. The van der Waals surface area contributed by atoms with Crippen molar-refractivity contribution in [1.82, 2.24) is 10.2 Å². The number of ether oxygens (including phenoxy) is 2. The lowest BCUT2D eigenvalue weighted by Gasteiger charge is -2.05. The molecule has 2 rings (SSSR count). The molecular formula is C13H16N4O3S2. The molecule has 0 saturated carbocycles. The standard InChI is InChI=1S/C13H16N4O3S2/c1-19-7-8-21-13-17-16-12(22-13)15-11(18)14-9-3-5-10(20-2)6-4-9/h3-6H,7-8H2,1-2H3,(H2,14,15,16,18). The van der Waals surface area contributed by atoms with Crippen molar-refractivity contribution >= 4 is 39.9 Å². The molecule has 1 aromatic heterocycles. The summed E-state index contributed by atoms with van der Waals surface area (Å²) in [6, 6.07) is 6.68. The Morgan fingerprint density at radius 2 is 2.00 bits per heavy atom. The Balaban J connectivity index is 1.83. The first kappa shape index (κ1) is 16.5. The molecule has 0 radical (unpaired) electrons. The molecule has 0 spiro atoms. The largest absolute Gasteiger partial charge is 0.497 e. The molecule has 9 heteroatoms. The lowest BCUT2D eigenvalue weighted by Crippen LogP contribution is -2.19. The van der Waals surface area contributed by atoms with Crippen LogP contribution in [0.3, 0.4) is 0 Å². The summed E-state index contributed by atoms with van der Waals surface area (Å²) in [6.07, 6.45) is 0. The van der Waals surface area contributed by atoms with Gasteiger partial charge in [0.2, 0.25) is 5.13 Å². The second-order valence-corrected chi connectivity index (χ2v) is 6.34. The van der Waals surface area contributed by atoms with Crippen LogP contribution in [0.25, 0.3) is 0 Å². The maximum Gasteiger partial charge on any atom is 0.325 e. The third kappa shape index (κ3) is 5.17. The van der Waals surface area contributed by atoms with Gasteiger partial charge in [-0.25, -0.2) is 4.79 Å². The van der Waals surface area contributed by atoms with Crippen molar-refractivity contribution in [3.05, 3.63) is 24.3 Å². The average molecular weight is 340 g/mol. The topological polar surface area (TPSA) is 85.4 Å². The third-order valence-electron chi connectivity index (χ3n) is 2.49. The van der Waals surface area contributed by atoms with Crippen LogP contribution in [-0.2, 0) is 4.74 Å². The van der Waals surface area contributed by atoms with Gasteiger partial charge >= 0.3 is 6.03 Å². The summed E-state index contributed by atoms with van der Waals surface area (Å²) < 4.78 is 10.8. The van der Waals surface area contributed by atoms with Crippen LogP contribution < -0.4 is 15.4 Å². The number of rotatable bonds is 7. The first-order valence-electron chi connectivity index (χ1n) is 6.38. The zero-order chi connectivity index (χ0) is 15.8. The summed E-state index contributed by atoms with van der Waals surface area (Å²) in [4.78, 5) is 11.9. The zero-order valence-corrected chi connectivity index (χ0v) is 13.8. The maximum absolute atomic E-state index is 11.9. The van der Waals surface area contributed by atoms with E-state index in [0.29, 0.717) is 17.4 Å². The van der Waals surface area contributed by atoms with Gasteiger partial charge in [0.05, 0.1) is 13.7 Å². The average Bonchev–Trinajstić information content (AvgIpc) is 2.95. The lowest BCUT2D eigenvalue weighted by molar-refractivity contribution is 0.218. The van der Waals surface area contributed by atoms with Crippen LogP contribution in [0.2, 0.25) is 0 Å². The van der Waals surface area contributed by atoms with Crippen molar-refractivity contribution in [2.75, 3.05) is 37.2 Å². The Bertz CT molecular complexity index is 604. The molecule has 2 amide bonds. The van der Waals surface area contributed by atoms with Crippen LogP contribution >= 0.6 is 23.1 Å². The number of hydrogen-bond acceptors (Lipinski definition) is 7. The highest BCUT2D eigenvalue weighted by atomic mass is 32.2. The van der Waals surface area contributed by atoms with Crippen LogP contribution in [0.1, 0.15) is 0 Å². The molecule has 2 aromatic rings. The first-order chi connectivity index (χ1) is 10.7. The van der Waals surface area contributed by atoms with Crippen molar-refractivity contribution in [2.24, 2.45) is 0 Å². The molecule has 0 atom stereocenters. The minimum absolute atomic E-state index is 0.366. The first-order valence-corrected chi connectivity index (χ1v) is 8.19. The van der Waals surface area contributed by atoms with Gasteiger partial charge < -0.3 is 14.8 Å². The number of nitrogens with one attached hydrogen (secondary N) is 2. The number of methoxy groups -OCH3 is 2. The van der Waals surface area contributed by atoms with E-state index in [4.69, 9.17) is 9.47 Å². The number of thioether (sulfide) groups is 1. The fourth-order valence-corrected chi connectivity index (χ4v) is 3.18. The molecule has 1 aromatic carbocycles. The summed E-state index contributed by atoms with van der Waals surface area (Å²) in [7, 11) is 3.24. The van der Waals surface area contributed by atoms with Crippen molar-refractivity contribution < 1.29 is 14.3 Å². The zero-order valence-electron chi connectivity index (χ0n) is 12.2. The summed E-state index contributed by atoms with van der Waals surface area (Å²) in [6.45, 7) is 0.644. The van der Waals surface area contributed by atoms with E-state index in [1.807, 2.05) is 0 Å². The number of benzene rings is 1. The Labute approximate surface area is 136 Å². The van der Waals surface area contributed by atoms with Gasteiger partial charge in [0.25, 0.3) is 0 Å². The van der Waals surface area contributed by atoms with Crippen molar-refractivity contribution in [3.63, 3.8) is 0 Å². The molecule has 0 fully saturated rings. The van der Waals surface area contributed by atoms with E-state index >= 15 is 0 Å². The number of amides is 2. The van der Waals surface area contributed by atoms with Crippen LogP contribution in [0.5, 0.6) is 5.75 Å². The number of urea groups is 1. The number of carbonyl (C=O) groups excluding carboxylic acids is 1. The number of nitrogens with zero attached hydrogens (tertiary/aromatic N) is 2. The van der Waals surface area contributed by atoms with Crippen molar-refractivity contribution in [3.8, 4) is 5.75 Å². The maximum atomic E-state index is 11.9. The minimum Gasteiger partial charge on any atom is -0.497 e. The lowest BCUT2D eigenvalue weighted by atomic mass is 10.3. The molecule has 118 valence electrons. The molecule has 0 saturated heterocycles. The van der Waals surface area contributed by atoms with Crippen molar-refractivity contribution in [1.29, 1.82) is 0 Å². The van der Waals surface area contributed by atoms with Crippen LogP contribution in [-0.4, -0.2) is 42.8 Å². The summed E-state index contributed by atoms with van der Waals surface area (Å²) in [5.74, 6) is 1.52. The minimum atomic E-state index is -0.366. The summed E-state index contributed by atoms with van der Waals surface area (Å²) in [5.41, 5.74) is 0.664. The molecule has 0 bridgehead atoms. The fraction of sp³-hybridized carbons (Fsp3) is 0.308. The second kappa shape index (κ2) is 8.57. The smallest absolute Gasteiger partial charge is 0.325 e. The second-order valence-electron chi connectivity index (χ2n) is 4.02. The van der Waals surface area contributed by atoms with Gasteiger partial charge in [0, 0.05) is 18.6 Å². The van der Waals surface area contributed by atoms with Crippen molar-refractivity contribution in [2.45, 2.75) is 4.34 Å². The summed E-state index contributed by atoms with van der Waals surface area (Å²) in [5, 5.41) is 13.7. The Hall–Kier alpha value is -1.84. The normalized spacial score (nSPS) is 10.3. The molecule has 7 nitrogen and oxygen atoms in total.